The molecule has 2 aliphatic heterocycles. The van der Waals surface area contributed by atoms with Crippen LogP contribution in [0.15, 0.2) is 28.7 Å². The molecule has 6 nitrogen and oxygen atoms in total. The molecule has 0 spiro atoms. The van der Waals surface area contributed by atoms with Crippen molar-refractivity contribution in [3.05, 3.63) is 34.3 Å². The third kappa shape index (κ3) is 2.91. The Hall–Kier alpha value is -0.990. The Morgan fingerprint density at radius 1 is 1.18 bits per heavy atom. The zero-order valence-corrected chi connectivity index (χ0v) is 13.4. The van der Waals surface area contributed by atoms with Crippen LogP contribution in [0.25, 0.3) is 0 Å². The van der Waals surface area contributed by atoms with Gasteiger partial charge in [0.2, 0.25) is 0 Å². The highest BCUT2D eigenvalue weighted by molar-refractivity contribution is 9.10. The summed E-state index contributed by atoms with van der Waals surface area (Å²) in [7, 11) is 0. The van der Waals surface area contributed by atoms with Gasteiger partial charge in [0.15, 0.2) is 6.10 Å². The molecule has 1 unspecified atom stereocenters. The number of rotatable bonds is 2. The second-order valence-corrected chi connectivity index (χ2v) is 6.69. The van der Waals surface area contributed by atoms with E-state index in [2.05, 4.69) is 15.9 Å². The minimum Gasteiger partial charge on any atom is -0.453 e. The summed E-state index contributed by atoms with van der Waals surface area (Å²) >= 11 is 3.28. The molecule has 0 amide bonds. The standard InChI is InChI=1S/C15H18BrNO5/c16-9-3-1-8(2-4-9)15(21)22-14-11(19)7-17-6-5-10(18)12(17)13(14)20/h1-4,10-14,18-20H,5-7H2/t10-,11-,12?,13+,14+/m0/s1. The lowest BCUT2D eigenvalue weighted by Crippen LogP contribution is -2.62. The van der Waals surface area contributed by atoms with Crippen LogP contribution in [0.2, 0.25) is 0 Å². The van der Waals surface area contributed by atoms with E-state index in [9.17, 15) is 20.1 Å². The zero-order valence-electron chi connectivity index (χ0n) is 11.8. The van der Waals surface area contributed by atoms with Crippen molar-refractivity contribution < 1.29 is 24.9 Å². The molecule has 120 valence electrons. The number of halogens is 1. The van der Waals surface area contributed by atoms with Gasteiger partial charge in [0.05, 0.1) is 17.7 Å². The number of piperidine rings is 1. The average molecular weight is 372 g/mol. The van der Waals surface area contributed by atoms with Gasteiger partial charge in [0.1, 0.15) is 12.2 Å². The molecule has 3 rings (SSSR count). The van der Waals surface area contributed by atoms with Gasteiger partial charge >= 0.3 is 5.97 Å². The van der Waals surface area contributed by atoms with Crippen LogP contribution >= 0.6 is 15.9 Å². The third-order valence-corrected chi connectivity index (χ3v) is 4.87. The molecule has 1 aromatic rings. The number of fused-ring (bicyclic) bond motifs is 1. The molecule has 22 heavy (non-hydrogen) atoms. The van der Waals surface area contributed by atoms with Crippen LogP contribution in [0, 0.1) is 0 Å². The number of aliphatic hydroxyl groups is 3. The first-order valence-electron chi connectivity index (χ1n) is 7.22. The van der Waals surface area contributed by atoms with E-state index in [1.54, 1.807) is 24.3 Å². The Morgan fingerprint density at radius 3 is 2.55 bits per heavy atom. The number of esters is 1. The summed E-state index contributed by atoms with van der Waals surface area (Å²) in [6, 6.07) is 6.14. The largest absolute Gasteiger partial charge is 0.453 e. The number of carbonyl (C=O) groups is 1. The van der Waals surface area contributed by atoms with Gasteiger partial charge in [-0.05, 0) is 30.7 Å². The van der Waals surface area contributed by atoms with Gasteiger partial charge in [-0.1, -0.05) is 15.9 Å². The quantitative estimate of drug-likeness (QED) is 0.641. The van der Waals surface area contributed by atoms with Gasteiger partial charge in [-0.15, -0.1) is 0 Å². The van der Waals surface area contributed by atoms with E-state index in [0.29, 0.717) is 18.5 Å². The molecule has 2 fully saturated rings. The van der Waals surface area contributed by atoms with Crippen molar-refractivity contribution in [2.24, 2.45) is 0 Å². The molecular formula is C15H18BrNO5. The first kappa shape index (κ1) is 15.9. The molecule has 7 heteroatoms. The molecule has 3 N–H and O–H groups in total. The molecule has 1 aromatic carbocycles. The van der Waals surface area contributed by atoms with Gasteiger partial charge in [-0.3, -0.25) is 4.90 Å². The monoisotopic (exact) mass is 371 g/mol. The van der Waals surface area contributed by atoms with Crippen molar-refractivity contribution in [2.75, 3.05) is 13.1 Å². The Labute approximate surface area is 136 Å². The predicted molar refractivity (Wildman–Crippen MR) is 81.3 cm³/mol. The van der Waals surface area contributed by atoms with Crippen LogP contribution in [-0.2, 0) is 4.74 Å². The summed E-state index contributed by atoms with van der Waals surface area (Å²) < 4.78 is 6.15. The molecule has 2 heterocycles. The van der Waals surface area contributed by atoms with Crippen LogP contribution in [0.1, 0.15) is 16.8 Å². The Balaban J connectivity index is 1.73. The minimum atomic E-state index is -1.11. The summed E-state index contributed by atoms with van der Waals surface area (Å²) in [6.45, 7) is 0.893. The van der Waals surface area contributed by atoms with E-state index in [4.69, 9.17) is 4.74 Å². The van der Waals surface area contributed by atoms with E-state index in [0.717, 1.165) is 4.47 Å². The van der Waals surface area contributed by atoms with E-state index in [1.807, 2.05) is 4.90 Å². The van der Waals surface area contributed by atoms with Crippen LogP contribution in [0.4, 0.5) is 0 Å². The fourth-order valence-electron chi connectivity index (χ4n) is 3.21. The van der Waals surface area contributed by atoms with Gasteiger partial charge in [0, 0.05) is 17.6 Å². The van der Waals surface area contributed by atoms with Gasteiger partial charge in [-0.2, -0.15) is 0 Å². The van der Waals surface area contributed by atoms with E-state index < -0.39 is 36.4 Å². The zero-order chi connectivity index (χ0) is 15.9. The number of hydrogen-bond donors (Lipinski definition) is 3. The summed E-state index contributed by atoms with van der Waals surface area (Å²) in [5.41, 5.74) is 0.344. The lowest BCUT2D eigenvalue weighted by molar-refractivity contribution is -0.144. The maximum absolute atomic E-state index is 12.2. The molecule has 2 aliphatic rings. The SMILES string of the molecule is O=C(O[C@H]1[C@H](O)C2[C@@H](O)CCN2C[C@@H]1O)c1ccc(Br)cc1. The molecule has 0 aromatic heterocycles. The van der Waals surface area contributed by atoms with Gasteiger partial charge in [-0.25, -0.2) is 4.79 Å². The second-order valence-electron chi connectivity index (χ2n) is 5.78. The highest BCUT2D eigenvalue weighted by atomic mass is 79.9. The lowest BCUT2D eigenvalue weighted by atomic mass is 9.92. The molecular weight excluding hydrogens is 354 g/mol. The van der Waals surface area contributed by atoms with Crippen LogP contribution in [-0.4, -0.2) is 69.7 Å². The van der Waals surface area contributed by atoms with E-state index >= 15 is 0 Å². The molecule has 0 radical (unpaired) electrons. The third-order valence-electron chi connectivity index (χ3n) is 4.34. The van der Waals surface area contributed by atoms with E-state index in [1.165, 1.54) is 0 Å². The number of ether oxygens (including phenoxy) is 1. The van der Waals surface area contributed by atoms with Crippen molar-refractivity contribution in [1.29, 1.82) is 0 Å². The van der Waals surface area contributed by atoms with Crippen LogP contribution in [0.3, 0.4) is 0 Å². The topological polar surface area (TPSA) is 90.2 Å². The Bertz CT molecular complexity index is 551. The number of carbonyl (C=O) groups excluding carboxylic acids is 1. The van der Waals surface area contributed by atoms with Crippen molar-refractivity contribution in [3.63, 3.8) is 0 Å². The first-order chi connectivity index (χ1) is 10.5. The molecule has 2 saturated heterocycles. The number of hydrogen-bond acceptors (Lipinski definition) is 6. The fraction of sp³-hybridized carbons (Fsp3) is 0.533. The molecule has 5 atom stereocenters. The molecule has 0 aliphatic carbocycles. The maximum Gasteiger partial charge on any atom is 0.338 e. The lowest BCUT2D eigenvalue weighted by Gasteiger charge is -2.42. The van der Waals surface area contributed by atoms with Crippen LogP contribution in [0.5, 0.6) is 0 Å². The van der Waals surface area contributed by atoms with Crippen molar-refractivity contribution in [1.82, 2.24) is 4.90 Å². The average Bonchev–Trinajstić information content (AvgIpc) is 2.85. The van der Waals surface area contributed by atoms with Crippen molar-refractivity contribution in [2.45, 2.75) is 36.9 Å². The second kappa shape index (κ2) is 6.25. The first-order valence-corrected chi connectivity index (χ1v) is 8.01. The fourth-order valence-corrected chi connectivity index (χ4v) is 3.47. The van der Waals surface area contributed by atoms with Gasteiger partial charge < -0.3 is 20.1 Å². The van der Waals surface area contributed by atoms with Gasteiger partial charge in [0.25, 0.3) is 0 Å². The number of benzene rings is 1. The van der Waals surface area contributed by atoms with Crippen molar-refractivity contribution in [3.8, 4) is 0 Å². The minimum absolute atomic E-state index is 0.275. The predicted octanol–water partition coefficient (Wildman–Crippen LogP) is 0.145. The molecule has 0 saturated carbocycles. The van der Waals surface area contributed by atoms with Crippen LogP contribution < -0.4 is 0 Å². The number of nitrogens with zero attached hydrogens (tertiary/aromatic N) is 1. The van der Waals surface area contributed by atoms with Crippen molar-refractivity contribution >= 4 is 21.9 Å². The van der Waals surface area contributed by atoms with E-state index in [-0.39, 0.29) is 6.54 Å². The molecule has 0 bridgehead atoms. The number of aliphatic hydroxyl groups excluding tert-OH is 3. The summed E-state index contributed by atoms with van der Waals surface area (Å²) in [6.07, 6.45) is -3.25. The summed E-state index contributed by atoms with van der Waals surface area (Å²) in [4.78, 5) is 14.0. The Kier molecular flexibility index (Phi) is 4.52. The Morgan fingerprint density at radius 2 is 1.86 bits per heavy atom. The summed E-state index contributed by atoms with van der Waals surface area (Å²) in [5.74, 6) is -0.600. The summed E-state index contributed by atoms with van der Waals surface area (Å²) in [5, 5.41) is 30.5. The smallest absolute Gasteiger partial charge is 0.338 e. The highest BCUT2D eigenvalue weighted by Gasteiger charge is 2.49. The highest BCUT2D eigenvalue weighted by Crippen LogP contribution is 2.30. The normalized spacial score (nSPS) is 35.2. The maximum atomic E-state index is 12.2.